The standard InChI is InChI=1S/C27H22S/c1-18(27-19(2)23-10-5-6-13-26(23)28-27)20-14-16-22(17-15-20)25-12-7-9-21-8-3-4-11-24(21)25/h3-5,7-12,14-17H,2,6,13H2,1H3/b27-18-. The number of thiophene rings is 1. The van der Waals surface area contributed by atoms with E-state index in [1.807, 2.05) is 11.3 Å². The molecule has 0 spiro atoms. The molecule has 0 amide bonds. The van der Waals surface area contributed by atoms with Gasteiger partial charge >= 0.3 is 0 Å². The van der Waals surface area contributed by atoms with Crippen molar-refractivity contribution in [3.63, 3.8) is 0 Å². The summed E-state index contributed by atoms with van der Waals surface area (Å²) in [5, 5.41) is 3.77. The Labute approximate surface area is 169 Å². The maximum Gasteiger partial charge on any atom is 0.0381 e. The summed E-state index contributed by atoms with van der Waals surface area (Å²) in [6.45, 7) is 6.60. The van der Waals surface area contributed by atoms with Crippen molar-refractivity contribution in [3.8, 4) is 11.1 Å². The number of hydrogen-bond acceptors (Lipinski definition) is 1. The van der Waals surface area contributed by atoms with E-state index in [0.717, 1.165) is 12.8 Å². The Morgan fingerprint density at radius 2 is 1.71 bits per heavy atom. The van der Waals surface area contributed by atoms with Crippen molar-refractivity contribution in [2.45, 2.75) is 19.8 Å². The highest BCUT2D eigenvalue weighted by Gasteiger charge is 2.11. The number of hydrogen-bond donors (Lipinski definition) is 0. The van der Waals surface area contributed by atoms with Gasteiger partial charge in [-0.25, -0.2) is 0 Å². The molecular weight excluding hydrogens is 356 g/mol. The Hall–Kier alpha value is -2.90. The SMILES string of the molecule is C=c1c2c(s/c1=C(/C)c1ccc(-c3cccc4ccccc34)cc1)CCC=C2. The van der Waals surface area contributed by atoms with Crippen LogP contribution in [0.4, 0.5) is 0 Å². The first-order valence-electron chi connectivity index (χ1n) is 9.79. The molecular formula is C27H22S. The van der Waals surface area contributed by atoms with Crippen LogP contribution in [0.2, 0.25) is 0 Å². The lowest BCUT2D eigenvalue weighted by Gasteiger charge is -2.08. The van der Waals surface area contributed by atoms with Crippen LogP contribution in [0.1, 0.15) is 29.3 Å². The van der Waals surface area contributed by atoms with Crippen molar-refractivity contribution in [1.29, 1.82) is 0 Å². The summed E-state index contributed by atoms with van der Waals surface area (Å²) >= 11 is 1.92. The van der Waals surface area contributed by atoms with Crippen LogP contribution in [0.3, 0.4) is 0 Å². The van der Waals surface area contributed by atoms with Gasteiger partial charge in [-0.05, 0) is 63.6 Å². The van der Waals surface area contributed by atoms with Crippen molar-refractivity contribution in [1.82, 2.24) is 0 Å². The van der Waals surface area contributed by atoms with E-state index in [0.29, 0.717) is 0 Å². The summed E-state index contributed by atoms with van der Waals surface area (Å²) < 4.78 is 1.33. The monoisotopic (exact) mass is 378 g/mol. The minimum absolute atomic E-state index is 1.14. The van der Waals surface area contributed by atoms with Gasteiger partial charge in [0.15, 0.2) is 0 Å². The first-order valence-corrected chi connectivity index (χ1v) is 10.6. The fraction of sp³-hybridized carbons (Fsp3) is 0.111. The first-order chi connectivity index (χ1) is 13.7. The Bertz CT molecular complexity index is 1310. The Morgan fingerprint density at radius 1 is 0.929 bits per heavy atom. The third-order valence-electron chi connectivity index (χ3n) is 5.71. The molecule has 1 aromatic heterocycles. The Kier molecular flexibility index (Phi) is 4.26. The van der Waals surface area contributed by atoms with Gasteiger partial charge < -0.3 is 0 Å². The van der Waals surface area contributed by atoms with Crippen LogP contribution < -0.4 is 9.75 Å². The second-order valence-corrected chi connectivity index (χ2v) is 8.52. The molecule has 0 nitrogen and oxygen atoms in total. The minimum Gasteiger partial charge on any atom is -0.139 e. The molecule has 0 radical (unpaired) electrons. The van der Waals surface area contributed by atoms with Crippen molar-refractivity contribution in [3.05, 3.63) is 98.6 Å². The number of rotatable bonds is 2. The fourth-order valence-corrected chi connectivity index (χ4v) is 5.41. The molecule has 1 aliphatic rings. The van der Waals surface area contributed by atoms with Gasteiger partial charge in [0.05, 0.1) is 0 Å². The summed E-state index contributed by atoms with van der Waals surface area (Å²) in [5.41, 5.74) is 6.49. The molecule has 0 saturated heterocycles. The van der Waals surface area contributed by atoms with Gasteiger partial charge in [-0.15, -0.1) is 11.3 Å². The molecule has 0 N–H and O–H groups in total. The van der Waals surface area contributed by atoms with Gasteiger partial charge in [0, 0.05) is 9.41 Å². The molecule has 4 aromatic rings. The van der Waals surface area contributed by atoms with E-state index in [2.05, 4.69) is 92.4 Å². The van der Waals surface area contributed by atoms with Crippen molar-refractivity contribution in [2.24, 2.45) is 0 Å². The molecule has 0 saturated carbocycles. The molecule has 1 heterocycles. The summed E-state index contributed by atoms with van der Waals surface area (Å²) in [4.78, 5) is 1.48. The van der Waals surface area contributed by atoms with Crippen molar-refractivity contribution >= 4 is 40.3 Å². The third-order valence-corrected chi connectivity index (χ3v) is 7.13. The lowest BCUT2D eigenvalue weighted by molar-refractivity contribution is 1.01. The maximum atomic E-state index is 4.38. The number of benzene rings is 3. The number of allylic oxidation sites excluding steroid dienone is 1. The Morgan fingerprint density at radius 3 is 2.54 bits per heavy atom. The predicted molar refractivity (Wildman–Crippen MR) is 124 cm³/mol. The van der Waals surface area contributed by atoms with Crippen molar-refractivity contribution < 1.29 is 0 Å². The number of aryl methyl sites for hydroxylation is 1. The van der Waals surface area contributed by atoms with Crippen LogP contribution in [-0.4, -0.2) is 0 Å². The van der Waals surface area contributed by atoms with E-state index in [1.165, 1.54) is 53.2 Å². The average Bonchev–Trinajstić information content (AvgIpc) is 3.10. The summed E-state index contributed by atoms with van der Waals surface area (Å²) in [7, 11) is 0. The first kappa shape index (κ1) is 17.2. The third kappa shape index (κ3) is 2.83. The predicted octanol–water partition coefficient (Wildman–Crippen LogP) is 6.16. The van der Waals surface area contributed by atoms with Crippen LogP contribution in [0.5, 0.6) is 0 Å². The van der Waals surface area contributed by atoms with E-state index < -0.39 is 0 Å². The van der Waals surface area contributed by atoms with Crippen molar-refractivity contribution in [2.75, 3.05) is 0 Å². The second kappa shape index (κ2) is 6.92. The van der Waals surface area contributed by atoms with Crippen LogP contribution in [-0.2, 0) is 6.42 Å². The van der Waals surface area contributed by atoms with Gasteiger partial charge in [0.1, 0.15) is 0 Å². The lowest BCUT2D eigenvalue weighted by atomic mass is 9.96. The lowest BCUT2D eigenvalue weighted by Crippen LogP contribution is -2.21. The van der Waals surface area contributed by atoms with Gasteiger partial charge in [0.25, 0.3) is 0 Å². The smallest absolute Gasteiger partial charge is 0.0381 e. The summed E-state index contributed by atoms with van der Waals surface area (Å²) in [6, 6.07) is 24.1. The van der Waals surface area contributed by atoms with Crippen LogP contribution in [0.25, 0.3) is 40.1 Å². The normalized spacial score (nSPS) is 14.2. The molecule has 5 rings (SSSR count). The van der Waals surface area contributed by atoms with Crippen LogP contribution >= 0.6 is 11.3 Å². The quantitative estimate of drug-likeness (QED) is 0.392. The van der Waals surface area contributed by atoms with Crippen LogP contribution in [0.15, 0.2) is 72.8 Å². The highest BCUT2D eigenvalue weighted by Crippen LogP contribution is 2.29. The highest BCUT2D eigenvalue weighted by molar-refractivity contribution is 7.10. The van der Waals surface area contributed by atoms with E-state index in [1.54, 1.807) is 0 Å². The molecule has 136 valence electrons. The average molecular weight is 379 g/mol. The topological polar surface area (TPSA) is 0 Å². The van der Waals surface area contributed by atoms with E-state index in [-0.39, 0.29) is 0 Å². The summed E-state index contributed by atoms with van der Waals surface area (Å²) in [5.74, 6) is 0. The molecule has 0 aliphatic heterocycles. The van der Waals surface area contributed by atoms with E-state index in [4.69, 9.17) is 0 Å². The molecule has 28 heavy (non-hydrogen) atoms. The fourth-order valence-electron chi connectivity index (χ4n) is 4.14. The van der Waals surface area contributed by atoms with Gasteiger partial charge in [-0.2, -0.15) is 0 Å². The Balaban J connectivity index is 1.60. The molecule has 1 aliphatic carbocycles. The largest absolute Gasteiger partial charge is 0.139 e. The highest BCUT2D eigenvalue weighted by atomic mass is 32.1. The van der Waals surface area contributed by atoms with Crippen LogP contribution in [0, 0.1) is 0 Å². The molecule has 0 atom stereocenters. The van der Waals surface area contributed by atoms with Gasteiger partial charge in [-0.3, -0.25) is 0 Å². The molecule has 0 fully saturated rings. The number of fused-ring (bicyclic) bond motifs is 2. The maximum absolute atomic E-state index is 4.38. The summed E-state index contributed by atoms with van der Waals surface area (Å²) in [6.07, 6.45) is 6.80. The van der Waals surface area contributed by atoms with Gasteiger partial charge in [0.2, 0.25) is 0 Å². The zero-order chi connectivity index (χ0) is 19.1. The van der Waals surface area contributed by atoms with Gasteiger partial charge in [-0.1, -0.05) is 85.5 Å². The molecule has 0 unspecified atom stereocenters. The van der Waals surface area contributed by atoms with E-state index >= 15 is 0 Å². The zero-order valence-electron chi connectivity index (χ0n) is 16.0. The molecule has 3 aromatic carbocycles. The zero-order valence-corrected chi connectivity index (χ0v) is 16.9. The van der Waals surface area contributed by atoms with E-state index in [9.17, 15) is 0 Å². The minimum atomic E-state index is 1.14. The molecule has 0 bridgehead atoms. The second-order valence-electron chi connectivity index (χ2n) is 7.42. The molecule has 1 heteroatoms.